The van der Waals surface area contributed by atoms with Crippen LogP contribution >= 0.6 is 34.3 Å². The Kier molecular flexibility index (Phi) is 4.99. The molecule has 0 spiro atoms. The number of nitrogens with zero attached hydrogens (tertiary/aromatic N) is 1. The van der Waals surface area contributed by atoms with Crippen molar-refractivity contribution >= 4 is 50.0 Å². The molecule has 0 amide bonds. The second-order valence-corrected chi connectivity index (χ2v) is 8.65. The van der Waals surface area contributed by atoms with Crippen molar-refractivity contribution in [1.82, 2.24) is 4.72 Å². The van der Waals surface area contributed by atoms with Crippen LogP contribution in [0.2, 0.25) is 4.34 Å². The van der Waals surface area contributed by atoms with Gasteiger partial charge < -0.3 is 0 Å². The second kappa shape index (κ2) is 6.41. The van der Waals surface area contributed by atoms with E-state index >= 15 is 0 Å². The van der Waals surface area contributed by atoms with Gasteiger partial charge in [0, 0.05) is 10.9 Å². The summed E-state index contributed by atoms with van der Waals surface area (Å²) in [5.41, 5.74) is -0.397. The van der Waals surface area contributed by atoms with Crippen molar-refractivity contribution in [3.63, 3.8) is 0 Å². The molecule has 0 saturated heterocycles. The Bertz CT molecular complexity index is 740. The van der Waals surface area contributed by atoms with E-state index in [-0.39, 0.29) is 14.6 Å². The molecule has 0 radical (unpaired) electrons. The maximum absolute atomic E-state index is 12.3. The lowest BCUT2D eigenvalue weighted by Crippen LogP contribution is -2.27. The monoisotopic (exact) mass is 366 g/mol. The zero-order valence-electron chi connectivity index (χ0n) is 10.8. The standard InChI is InChI=1S/C11H11ClN2O4S3/c1-2-7(9-4-3-5-19-9)13-21(17,18)10-6-8(14(15)16)11(12)20-10/h3-7,13H,2H2,1H3. The predicted molar refractivity (Wildman–Crippen MR) is 83.7 cm³/mol. The largest absolute Gasteiger partial charge is 0.300 e. The highest BCUT2D eigenvalue weighted by Crippen LogP contribution is 2.37. The van der Waals surface area contributed by atoms with Crippen molar-refractivity contribution in [2.24, 2.45) is 0 Å². The van der Waals surface area contributed by atoms with E-state index in [0.717, 1.165) is 10.9 Å². The molecule has 2 heterocycles. The molecule has 0 aliphatic heterocycles. The van der Waals surface area contributed by atoms with Gasteiger partial charge in [-0.2, -0.15) is 0 Å². The Balaban J connectivity index is 2.30. The molecule has 21 heavy (non-hydrogen) atoms. The Morgan fingerprint density at radius 3 is 2.71 bits per heavy atom. The molecular formula is C11H11ClN2O4S3. The summed E-state index contributed by atoms with van der Waals surface area (Å²) >= 11 is 7.83. The summed E-state index contributed by atoms with van der Waals surface area (Å²) in [6, 6.07) is 4.29. The molecule has 10 heteroatoms. The molecule has 2 aromatic rings. The first kappa shape index (κ1) is 16.4. The molecule has 0 aliphatic carbocycles. The molecule has 6 nitrogen and oxygen atoms in total. The van der Waals surface area contributed by atoms with Gasteiger partial charge in [0.05, 0.1) is 11.0 Å². The maximum Gasteiger partial charge on any atom is 0.300 e. The van der Waals surface area contributed by atoms with E-state index in [1.807, 2.05) is 24.4 Å². The van der Waals surface area contributed by atoms with Crippen LogP contribution in [0.25, 0.3) is 0 Å². The number of thiophene rings is 2. The zero-order valence-corrected chi connectivity index (χ0v) is 14.0. The van der Waals surface area contributed by atoms with Crippen LogP contribution in [0, 0.1) is 10.1 Å². The minimum absolute atomic E-state index is 0.149. The first-order chi connectivity index (χ1) is 9.85. The van der Waals surface area contributed by atoms with Crippen molar-refractivity contribution in [3.8, 4) is 0 Å². The molecule has 2 aromatic heterocycles. The van der Waals surface area contributed by atoms with Crippen molar-refractivity contribution in [2.75, 3.05) is 0 Å². The molecule has 1 unspecified atom stereocenters. The molecule has 114 valence electrons. The molecule has 1 atom stereocenters. The average molecular weight is 367 g/mol. The van der Waals surface area contributed by atoms with E-state index in [9.17, 15) is 18.5 Å². The van der Waals surface area contributed by atoms with E-state index in [1.54, 1.807) is 0 Å². The molecule has 0 aliphatic rings. The van der Waals surface area contributed by atoms with E-state index in [1.165, 1.54) is 11.3 Å². The van der Waals surface area contributed by atoms with Gasteiger partial charge in [-0.3, -0.25) is 10.1 Å². The SMILES string of the molecule is CCC(NS(=O)(=O)c1cc([N+](=O)[O-])c(Cl)s1)c1cccs1. The summed E-state index contributed by atoms with van der Waals surface area (Å²) in [7, 11) is -3.85. The number of sulfonamides is 1. The Hall–Kier alpha value is -1.000. The van der Waals surface area contributed by atoms with E-state index in [2.05, 4.69) is 4.72 Å². The Labute approximate surface area is 134 Å². The third kappa shape index (κ3) is 3.61. The fraction of sp³-hybridized carbons (Fsp3) is 0.273. The van der Waals surface area contributed by atoms with Crippen LogP contribution in [0.1, 0.15) is 24.3 Å². The number of nitro groups is 1. The third-order valence-corrected chi connectivity index (χ3v) is 6.97. The van der Waals surface area contributed by atoms with Crippen LogP contribution < -0.4 is 4.72 Å². The van der Waals surface area contributed by atoms with Crippen molar-refractivity contribution in [2.45, 2.75) is 23.6 Å². The van der Waals surface area contributed by atoms with Gasteiger partial charge in [-0.25, -0.2) is 13.1 Å². The maximum atomic E-state index is 12.3. The topological polar surface area (TPSA) is 89.3 Å². The second-order valence-electron chi connectivity index (χ2n) is 4.08. The Morgan fingerprint density at radius 2 is 2.24 bits per heavy atom. The lowest BCUT2D eigenvalue weighted by atomic mass is 10.2. The molecule has 2 rings (SSSR count). The van der Waals surface area contributed by atoms with Gasteiger partial charge in [0.25, 0.3) is 15.7 Å². The first-order valence-electron chi connectivity index (χ1n) is 5.84. The molecular weight excluding hydrogens is 356 g/mol. The first-order valence-corrected chi connectivity index (χ1v) is 9.40. The van der Waals surface area contributed by atoms with Crippen LogP contribution in [0.4, 0.5) is 5.69 Å². The molecule has 0 saturated carbocycles. The van der Waals surface area contributed by atoms with Gasteiger partial charge in [-0.05, 0) is 17.9 Å². The lowest BCUT2D eigenvalue weighted by molar-refractivity contribution is -0.384. The van der Waals surface area contributed by atoms with Gasteiger partial charge in [-0.1, -0.05) is 24.6 Å². The highest BCUT2D eigenvalue weighted by Gasteiger charge is 2.27. The number of hydrogen-bond acceptors (Lipinski definition) is 6. The van der Waals surface area contributed by atoms with Crippen LogP contribution in [0.15, 0.2) is 27.8 Å². The van der Waals surface area contributed by atoms with Gasteiger partial charge in [0.1, 0.15) is 4.21 Å². The highest BCUT2D eigenvalue weighted by atomic mass is 35.5. The normalized spacial score (nSPS) is 13.2. The Morgan fingerprint density at radius 1 is 1.52 bits per heavy atom. The van der Waals surface area contributed by atoms with Crippen molar-refractivity contribution in [1.29, 1.82) is 0 Å². The van der Waals surface area contributed by atoms with Crippen LogP contribution in [-0.4, -0.2) is 13.3 Å². The summed E-state index contributed by atoms with van der Waals surface area (Å²) in [5, 5.41) is 12.6. The predicted octanol–water partition coefficient (Wildman–Crippen LogP) is 3.80. The fourth-order valence-corrected chi connectivity index (χ4v) is 5.59. The van der Waals surface area contributed by atoms with Gasteiger partial charge in [0.15, 0.2) is 4.34 Å². The number of rotatable bonds is 6. The molecule has 1 N–H and O–H groups in total. The summed E-state index contributed by atoms with van der Waals surface area (Å²) < 4.78 is 26.9. The summed E-state index contributed by atoms with van der Waals surface area (Å²) in [6.45, 7) is 1.86. The van der Waals surface area contributed by atoms with Gasteiger partial charge >= 0.3 is 0 Å². The summed E-state index contributed by atoms with van der Waals surface area (Å²) in [4.78, 5) is 10.9. The molecule has 0 bridgehead atoms. The smallest absolute Gasteiger partial charge is 0.258 e. The fourth-order valence-electron chi connectivity index (χ4n) is 1.67. The minimum atomic E-state index is -3.85. The summed E-state index contributed by atoms with van der Waals surface area (Å²) in [6.07, 6.45) is 0.570. The van der Waals surface area contributed by atoms with Crippen LogP contribution in [0.3, 0.4) is 0 Å². The molecule has 0 aromatic carbocycles. The lowest BCUT2D eigenvalue weighted by Gasteiger charge is -2.14. The molecule has 0 fully saturated rings. The van der Waals surface area contributed by atoms with E-state index in [0.29, 0.717) is 17.8 Å². The van der Waals surface area contributed by atoms with Crippen LogP contribution in [-0.2, 0) is 10.0 Å². The van der Waals surface area contributed by atoms with Gasteiger partial charge in [-0.15, -0.1) is 22.7 Å². The van der Waals surface area contributed by atoms with Crippen molar-refractivity contribution in [3.05, 3.63) is 42.9 Å². The number of hydrogen-bond donors (Lipinski definition) is 1. The van der Waals surface area contributed by atoms with Crippen molar-refractivity contribution < 1.29 is 13.3 Å². The quantitative estimate of drug-likeness (QED) is 0.622. The number of nitrogens with one attached hydrogen (secondary N) is 1. The van der Waals surface area contributed by atoms with Gasteiger partial charge in [0.2, 0.25) is 0 Å². The third-order valence-electron chi connectivity index (χ3n) is 2.70. The van der Waals surface area contributed by atoms with Crippen LogP contribution in [0.5, 0.6) is 0 Å². The average Bonchev–Trinajstić information content (AvgIpc) is 3.05. The van der Waals surface area contributed by atoms with E-state index < -0.39 is 20.6 Å². The highest BCUT2D eigenvalue weighted by molar-refractivity contribution is 7.91. The number of halogens is 1. The van der Waals surface area contributed by atoms with E-state index in [4.69, 9.17) is 11.6 Å². The minimum Gasteiger partial charge on any atom is -0.258 e. The zero-order chi connectivity index (χ0) is 15.6. The summed E-state index contributed by atoms with van der Waals surface area (Å²) in [5.74, 6) is 0.